The summed E-state index contributed by atoms with van der Waals surface area (Å²) in [6.07, 6.45) is 1.00. The van der Waals surface area contributed by atoms with E-state index in [2.05, 4.69) is 15.5 Å². The van der Waals surface area contributed by atoms with Gasteiger partial charge < -0.3 is 20.5 Å². The predicted octanol–water partition coefficient (Wildman–Crippen LogP) is -0.639. The number of nitrogens with two attached hydrogens (primary N) is 1. The zero-order valence-electron chi connectivity index (χ0n) is 11.9. The largest absolute Gasteiger partial charge is 0.379 e. The second-order valence-corrected chi connectivity index (χ2v) is 4.89. The van der Waals surface area contributed by atoms with Crippen LogP contribution in [0.4, 0.5) is 0 Å². The average molecular weight is 296 g/mol. The maximum atomic E-state index is 12.1. The normalized spacial score (nSPS) is 22.0. The Hall–Kier alpha value is -1.93. The molecule has 0 unspecified atom stereocenters. The number of rotatable bonds is 6. The van der Waals surface area contributed by atoms with Crippen molar-refractivity contribution in [1.82, 2.24) is 15.5 Å². The van der Waals surface area contributed by atoms with Gasteiger partial charge in [-0.25, -0.2) is 0 Å². The molecule has 2 amide bonds. The van der Waals surface area contributed by atoms with Gasteiger partial charge in [-0.15, -0.1) is 0 Å². The van der Waals surface area contributed by atoms with Crippen molar-refractivity contribution >= 4 is 11.8 Å². The number of carbonyl (C=O) groups excluding carboxylic acids is 2. The summed E-state index contributed by atoms with van der Waals surface area (Å²) in [5, 5.41) is 9.63. The van der Waals surface area contributed by atoms with Crippen molar-refractivity contribution in [1.29, 1.82) is 0 Å². The van der Waals surface area contributed by atoms with Gasteiger partial charge in [-0.1, -0.05) is 6.92 Å². The minimum atomic E-state index is -0.550. The molecule has 0 aromatic carbocycles. The van der Waals surface area contributed by atoms with Gasteiger partial charge in [0.15, 0.2) is 0 Å². The van der Waals surface area contributed by atoms with Crippen LogP contribution >= 0.6 is 0 Å². The Kier molecular flexibility index (Phi) is 5.29. The molecule has 116 valence electrons. The molecule has 1 saturated heterocycles. The SMILES string of the molecule is CCc1cc(C(=O)N[C@@H]2CCOC[C@H]2OCC(N)=O)n[nH]1. The minimum absolute atomic E-state index is 0.192. The number of hydrogen-bond acceptors (Lipinski definition) is 5. The molecule has 8 nitrogen and oxygen atoms in total. The minimum Gasteiger partial charge on any atom is -0.379 e. The third kappa shape index (κ3) is 4.27. The Morgan fingerprint density at radius 2 is 2.43 bits per heavy atom. The summed E-state index contributed by atoms with van der Waals surface area (Å²) >= 11 is 0. The van der Waals surface area contributed by atoms with Crippen molar-refractivity contribution in [3.63, 3.8) is 0 Å². The molecule has 1 aromatic heterocycles. The van der Waals surface area contributed by atoms with Crippen LogP contribution in [0.3, 0.4) is 0 Å². The van der Waals surface area contributed by atoms with E-state index in [-0.39, 0.29) is 24.7 Å². The van der Waals surface area contributed by atoms with Crippen molar-refractivity contribution in [3.8, 4) is 0 Å². The van der Waals surface area contributed by atoms with E-state index in [0.29, 0.717) is 25.3 Å². The number of hydrogen-bond donors (Lipinski definition) is 3. The third-order valence-corrected chi connectivity index (χ3v) is 3.30. The van der Waals surface area contributed by atoms with Gasteiger partial charge in [-0.3, -0.25) is 14.7 Å². The highest BCUT2D eigenvalue weighted by Crippen LogP contribution is 2.12. The van der Waals surface area contributed by atoms with Crippen LogP contribution < -0.4 is 11.1 Å². The quantitative estimate of drug-likeness (QED) is 0.645. The molecule has 21 heavy (non-hydrogen) atoms. The standard InChI is InChI=1S/C13H20N4O4/c1-2-8-5-10(17-16-8)13(19)15-9-3-4-20-6-11(9)21-7-12(14)18/h5,9,11H,2-4,6-7H2,1H3,(H2,14,18)(H,15,19)(H,16,17)/t9-,11-/m1/s1. The third-order valence-electron chi connectivity index (χ3n) is 3.30. The number of primary amides is 1. The average Bonchev–Trinajstić information content (AvgIpc) is 2.95. The first-order valence-corrected chi connectivity index (χ1v) is 6.93. The maximum absolute atomic E-state index is 12.1. The summed E-state index contributed by atoms with van der Waals surface area (Å²) < 4.78 is 10.7. The molecule has 4 N–H and O–H groups in total. The van der Waals surface area contributed by atoms with Crippen LogP contribution in [0.2, 0.25) is 0 Å². The zero-order valence-corrected chi connectivity index (χ0v) is 11.9. The van der Waals surface area contributed by atoms with Gasteiger partial charge in [0.05, 0.1) is 12.6 Å². The number of aromatic amines is 1. The molecular formula is C13H20N4O4. The first kappa shape index (κ1) is 15.5. The monoisotopic (exact) mass is 296 g/mol. The first-order valence-electron chi connectivity index (χ1n) is 6.93. The van der Waals surface area contributed by atoms with Gasteiger partial charge in [-0.2, -0.15) is 5.10 Å². The van der Waals surface area contributed by atoms with Gasteiger partial charge in [-0.05, 0) is 18.9 Å². The van der Waals surface area contributed by atoms with Gasteiger partial charge in [0.25, 0.3) is 5.91 Å². The summed E-state index contributed by atoms with van der Waals surface area (Å²) in [7, 11) is 0. The second kappa shape index (κ2) is 7.19. The molecule has 0 spiro atoms. The van der Waals surface area contributed by atoms with E-state index in [1.54, 1.807) is 6.07 Å². The van der Waals surface area contributed by atoms with Crippen molar-refractivity contribution in [2.24, 2.45) is 5.73 Å². The van der Waals surface area contributed by atoms with Crippen molar-refractivity contribution in [2.75, 3.05) is 19.8 Å². The smallest absolute Gasteiger partial charge is 0.272 e. The van der Waals surface area contributed by atoms with E-state index in [1.165, 1.54) is 0 Å². The lowest BCUT2D eigenvalue weighted by molar-refractivity contribution is -0.129. The predicted molar refractivity (Wildman–Crippen MR) is 73.6 cm³/mol. The number of aromatic nitrogens is 2. The number of aryl methyl sites for hydroxylation is 1. The van der Waals surface area contributed by atoms with Crippen molar-refractivity contribution in [3.05, 3.63) is 17.5 Å². The Labute approximate surface area is 122 Å². The Bertz CT molecular complexity index is 502. The highest BCUT2D eigenvalue weighted by Gasteiger charge is 2.29. The lowest BCUT2D eigenvalue weighted by Gasteiger charge is -2.31. The molecule has 2 rings (SSSR count). The number of amides is 2. The van der Waals surface area contributed by atoms with E-state index in [1.807, 2.05) is 6.92 Å². The molecule has 0 bridgehead atoms. The number of ether oxygens (including phenoxy) is 2. The summed E-state index contributed by atoms with van der Waals surface area (Å²) in [4.78, 5) is 22.9. The molecule has 1 aliphatic rings. The summed E-state index contributed by atoms with van der Waals surface area (Å²) in [5.41, 5.74) is 6.30. The summed E-state index contributed by atoms with van der Waals surface area (Å²) in [6.45, 7) is 2.63. The fraction of sp³-hybridized carbons (Fsp3) is 0.615. The molecule has 1 fully saturated rings. The lowest BCUT2D eigenvalue weighted by Crippen LogP contribution is -2.50. The molecule has 2 atom stereocenters. The molecule has 0 aliphatic carbocycles. The van der Waals surface area contributed by atoms with Gasteiger partial charge in [0.1, 0.15) is 18.4 Å². The Morgan fingerprint density at radius 1 is 1.62 bits per heavy atom. The highest BCUT2D eigenvalue weighted by atomic mass is 16.5. The van der Waals surface area contributed by atoms with E-state index in [4.69, 9.17) is 15.2 Å². The number of nitrogens with zero attached hydrogens (tertiary/aromatic N) is 1. The zero-order chi connectivity index (χ0) is 15.2. The van der Waals surface area contributed by atoms with Crippen LogP contribution in [-0.4, -0.2) is 54.0 Å². The first-order chi connectivity index (χ1) is 10.1. The Morgan fingerprint density at radius 3 is 3.10 bits per heavy atom. The van der Waals surface area contributed by atoms with Crippen LogP contribution in [-0.2, 0) is 20.7 Å². The maximum Gasteiger partial charge on any atom is 0.272 e. The van der Waals surface area contributed by atoms with Crippen LogP contribution in [0.25, 0.3) is 0 Å². The molecular weight excluding hydrogens is 276 g/mol. The number of H-pyrrole nitrogens is 1. The Balaban J connectivity index is 1.94. The number of carbonyl (C=O) groups is 2. The summed E-state index contributed by atoms with van der Waals surface area (Å²) in [6, 6.07) is 1.49. The summed E-state index contributed by atoms with van der Waals surface area (Å²) in [5.74, 6) is -0.823. The van der Waals surface area contributed by atoms with E-state index >= 15 is 0 Å². The molecule has 2 heterocycles. The van der Waals surface area contributed by atoms with Crippen molar-refractivity contribution in [2.45, 2.75) is 31.9 Å². The van der Waals surface area contributed by atoms with Gasteiger partial charge in [0.2, 0.25) is 5.91 Å². The fourth-order valence-electron chi connectivity index (χ4n) is 2.13. The van der Waals surface area contributed by atoms with Gasteiger partial charge >= 0.3 is 0 Å². The molecule has 0 radical (unpaired) electrons. The second-order valence-electron chi connectivity index (χ2n) is 4.89. The van der Waals surface area contributed by atoms with Gasteiger partial charge in [0, 0.05) is 12.3 Å². The molecule has 0 saturated carbocycles. The van der Waals surface area contributed by atoms with Crippen LogP contribution in [0.5, 0.6) is 0 Å². The van der Waals surface area contributed by atoms with E-state index in [9.17, 15) is 9.59 Å². The topological polar surface area (TPSA) is 119 Å². The fourth-order valence-corrected chi connectivity index (χ4v) is 2.13. The van der Waals surface area contributed by atoms with Crippen LogP contribution in [0, 0.1) is 0 Å². The van der Waals surface area contributed by atoms with Crippen molar-refractivity contribution < 1.29 is 19.1 Å². The molecule has 8 heteroatoms. The van der Waals surface area contributed by atoms with Crippen LogP contribution in [0.1, 0.15) is 29.5 Å². The molecule has 1 aliphatic heterocycles. The van der Waals surface area contributed by atoms with E-state index in [0.717, 1.165) is 12.1 Å². The highest BCUT2D eigenvalue weighted by molar-refractivity contribution is 5.92. The number of nitrogens with one attached hydrogen (secondary N) is 2. The molecule has 1 aromatic rings. The van der Waals surface area contributed by atoms with Crippen LogP contribution in [0.15, 0.2) is 6.07 Å². The van der Waals surface area contributed by atoms with E-state index < -0.39 is 5.91 Å². The lowest BCUT2D eigenvalue weighted by atomic mass is 10.1.